The zero-order valence-corrected chi connectivity index (χ0v) is 12.7. The van der Waals surface area contributed by atoms with Crippen LogP contribution in [-0.4, -0.2) is 24.4 Å². The number of nitrogens with zero attached hydrogens (tertiary/aromatic N) is 5. The standard InChI is InChI=1S/C17H16N6/c1-22-10-14(9-20-22)15-11-23-16(6-7-19-23)17(21-15)13-4-2-12(8-18)3-5-13/h2-7,9-11H,8,18H2,1H3. The topological polar surface area (TPSA) is 74.0 Å². The van der Waals surface area contributed by atoms with Gasteiger partial charge in [0.2, 0.25) is 0 Å². The average Bonchev–Trinajstić information content (AvgIpc) is 3.22. The molecule has 6 nitrogen and oxygen atoms in total. The first-order valence-electron chi connectivity index (χ1n) is 7.37. The van der Waals surface area contributed by atoms with Crippen molar-refractivity contribution in [1.29, 1.82) is 0 Å². The normalized spacial score (nSPS) is 11.2. The fraction of sp³-hybridized carbons (Fsp3) is 0.118. The van der Waals surface area contributed by atoms with Crippen LogP contribution in [0.2, 0.25) is 0 Å². The van der Waals surface area contributed by atoms with Gasteiger partial charge in [-0.3, -0.25) is 4.68 Å². The second kappa shape index (κ2) is 5.33. The van der Waals surface area contributed by atoms with Gasteiger partial charge in [0.15, 0.2) is 0 Å². The Kier molecular flexibility index (Phi) is 3.17. The van der Waals surface area contributed by atoms with Crippen molar-refractivity contribution < 1.29 is 0 Å². The number of benzene rings is 1. The largest absolute Gasteiger partial charge is 0.326 e. The van der Waals surface area contributed by atoms with E-state index >= 15 is 0 Å². The number of rotatable bonds is 3. The molecule has 0 saturated carbocycles. The van der Waals surface area contributed by atoms with E-state index in [1.54, 1.807) is 17.1 Å². The quantitative estimate of drug-likeness (QED) is 0.630. The average molecular weight is 304 g/mol. The van der Waals surface area contributed by atoms with Crippen LogP contribution in [0.3, 0.4) is 0 Å². The smallest absolute Gasteiger partial charge is 0.0967 e. The summed E-state index contributed by atoms with van der Waals surface area (Å²) in [6.07, 6.45) is 7.45. The van der Waals surface area contributed by atoms with E-state index in [0.717, 1.165) is 33.6 Å². The van der Waals surface area contributed by atoms with E-state index in [2.05, 4.69) is 10.2 Å². The van der Waals surface area contributed by atoms with E-state index in [1.807, 2.05) is 54.3 Å². The highest BCUT2D eigenvalue weighted by Crippen LogP contribution is 2.26. The molecule has 3 aromatic heterocycles. The molecule has 6 heteroatoms. The Morgan fingerprint density at radius 1 is 1.00 bits per heavy atom. The molecule has 23 heavy (non-hydrogen) atoms. The van der Waals surface area contributed by atoms with Gasteiger partial charge in [0, 0.05) is 30.9 Å². The Hall–Kier alpha value is -2.99. The van der Waals surface area contributed by atoms with E-state index in [4.69, 9.17) is 10.7 Å². The molecule has 114 valence electrons. The van der Waals surface area contributed by atoms with Gasteiger partial charge in [-0.05, 0) is 11.6 Å². The molecule has 0 saturated heterocycles. The molecule has 3 heterocycles. The van der Waals surface area contributed by atoms with E-state index < -0.39 is 0 Å². The van der Waals surface area contributed by atoms with E-state index in [-0.39, 0.29) is 0 Å². The van der Waals surface area contributed by atoms with Gasteiger partial charge in [-0.15, -0.1) is 0 Å². The van der Waals surface area contributed by atoms with Crippen molar-refractivity contribution in [3.63, 3.8) is 0 Å². The lowest BCUT2D eigenvalue weighted by Crippen LogP contribution is -1.98. The van der Waals surface area contributed by atoms with Crippen LogP contribution in [-0.2, 0) is 13.6 Å². The summed E-state index contributed by atoms with van der Waals surface area (Å²) in [6.45, 7) is 0.533. The van der Waals surface area contributed by atoms with Crippen LogP contribution in [0.1, 0.15) is 5.56 Å². The third-order valence-electron chi connectivity index (χ3n) is 3.85. The van der Waals surface area contributed by atoms with Gasteiger partial charge in [-0.1, -0.05) is 24.3 Å². The minimum absolute atomic E-state index is 0.533. The molecule has 0 fully saturated rings. The lowest BCUT2D eigenvalue weighted by molar-refractivity contribution is 0.768. The Balaban J connectivity index is 1.91. The summed E-state index contributed by atoms with van der Waals surface area (Å²) in [7, 11) is 1.89. The fourth-order valence-electron chi connectivity index (χ4n) is 2.63. The molecule has 0 aliphatic rings. The highest BCUT2D eigenvalue weighted by atomic mass is 15.2. The van der Waals surface area contributed by atoms with Crippen molar-refractivity contribution >= 4 is 5.52 Å². The lowest BCUT2D eigenvalue weighted by atomic mass is 10.1. The third-order valence-corrected chi connectivity index (χ3v) is 3.85. The predicted molar refractivity (Wildman–Crippen MR) is 88.5 cm³/mol. The van der Waals surface area contributed by atoms with Gasteiger partial charge in [-0.25, -0.2) is 9.50 Å². The second-order valence-electron chi connectivity index (χ2n) is 5.44. The van der Waals surface area contributed by atoms with Crippen LogP contribution in [0.5, 0.6) is 0 Å². The van der Waals surface area contributed by atoms with Gasteiger partial charge in [-0.2, -0.15) is 10.2 Å². The van der Waals surface area contributed by atoms with E-state index in [9.17, 15) is 0 Å². The van der Waals surface area contributed by atoms with Crippen molar-refractivity contribution in [2.45, 2.75) is 6.54 Å². The van der Waals surface area contributed by atoms with Crippen LogP contribution in [0, 0.1) is 0 Å². The monoisotopic (exact) mass is 304 g/mol. The van der Waals surface area contributed by atoms with Crippen molar-refractivity contribution in [3.8, 4) is 22.5 Å². The number of hydrogen-bond acceptors (Lipinski definition) is 4. The number of nitrogens with two attached hydrogens (primary N) is 1. The van der Waals surface area contributed by atoms with Crippen LogP contribution in [0.4, 0.5) is 0 Å². The minimum Gasteiger partial charge on any atom is -0.326 e. The first-order valence-corrected chi connectivity index (χ1v) is 7.37. The molecule has 4 aromatic rings. The van der Waals surface area contributed by atoms with Gasteiger partial charge >= 0.3 is 0 Å². The van der Waals surface area contributed by atoms with Crippen LogP contribution in [0.15, 0.2) is 55.1 Å². The van der Waals surface area contributed by atoms with Gasteiger partial charge in [0.05, 0.1) is 35.5 Å². The molecule has 2 N–H and O–H groups in total. The molecule has 1 aromatic carbocycles. The molecule has 0 atom stereocenters. The highest BCUT2D eigenvalue weighted by Gasteiger charge is 2.11. The zero-order chi connectivity index (χ0) is 15.8. The molecule has 0 radical (unpaired) electrons. The van der Waals surface area contributed by atoms with Crippen LogP contribution in [0.25, 0.3) is 28.0 Å². The summed E-state index contributed by atoms with van der Waals surface area (Å²) in [4.78, 5) is 4.84. The molecule has 0 amide bonds. The molecular formula is C17H16N6. The Morgan fingerprint density at radius 2 is 1.83 bits per heavy atom. The van der Waals surface area contributed by atoms with Crippen molar-refractivity contribution in [1.82, 2.24) is 24.4 Å². The summed E-state index contributed by atoms with van der Waals surface area (Å²) < 4.78 is 3.61. The van der Waals surface area contributed by atoms with Crippen molar-refractivity contribution in [2.24, 2.45) is 12.8 Å². The fourth-order valence-corrected chi connectivity index (χ4v) is 2.63. The summed E-state index contributed by atoms with van der Waals surface area (Å²) in [5.41, 5.74) is 11.5. The Bertz CT molecular complexity index is 964. The van der Waals surface area contributed by atoms with Gasteiger partial charge < -0.3 is 5.73 Å². The minimum atomic E-state index is 0.533. The van der Waals surface area contributed by atoms with Crippen LogP contribution < -0.4 is 5.73 Å². The Labute approximate surface area is 133 Å². The first-order chi connectivity index (χ1) is 11.2. The van der Waals surface area contributed by atoms with E-state index in [0.29, 0.717) is 6.54 Å². The molecule has 4 rings (SSSR count). The third kappa shape index (κ3) is 2.39. The SMILES string of the molecule is Cn1cc(-c2cn3nccc3c(-c3ccc(CN)cc3)n2)cn1. The summed E-state index contributed by atoms with van der Waals surface area (Å²) in [5.74, 6) is 0. The number of hydrogen-bond donors (Lipinski definition) is 1. The van der Waals surface area contributed by atoms with E-state index in [1.165, 1.54) is 0 Å². The number of aryl methyl sites for hydroxylation is 1. The summed E-state index contributed by atoms with van der Waals surface area (Å²) in [5, 5.41) is 8.58. The van der Waals surface area contributed by atoms with Crippen LogP contribution >= 0.6 is 0 Å². The zero-order valence-electron chi connectivity index (χ0n) is 12.7. The van der Waals surface area contributed by atoms with Gasteiger partial charge in [0.1, 0.15) is 0 Å². The lowest BCUT2D eigenvalue weighted by Gasteiger charge is -2.07. The summed E-state index contributed by atoms with van der Waals surface area (Å²) in [6, 6.07) is 10.1. The van der Waals surface area contributed by atoms with Gasteiger partial charge in [0.25, 0.3) is 0 Å². The molecule has 0 aliphatic carbocycles. The van der Waals surface area contributed by atoms with Crippen molar-refractivity contribution in [2.75, 3.05) is 0 Å². The first kappa shape index (κ1) is 13.7. The number of fused-ring (bicyclic) bond motifs is 1. The Morgan fingerprint density at radius 3 is 2.52 bits per heavy atom. The maximum absolute atomic E-state index is 5.68. The molecule has 0 bridgehead atoms. The van der Waals surface area contributed by atoms with Crippen molar-refractivity contribution in [3.05, 3.63) is 60.7 Å². The predicted octanol–water partition coefficient (Wildman–Crippen LogP) is 2.26. The molecule has 0 aliphatic heterocycles. The second-order valence-corrected chi connectivity index (χ2v) is 5.44. The highest BCUT2D eigenvalue weighted by molar-refractivity contribution is 5.78. The molecular weight excluding hydrogens is 288 g/mol. The molecule has 0 unspecified atom stereocenters. The molecule has 0 spiro atoms. The maximum Gasteiger partial charge on any atom is 0.0967 e. The maximum atomic E-state index is 5.68. The summed E-state index contributed by atoms with van der Waals surface area (Å²) >= 11 is 0. The number of aromatic nitrogens is 5.